The van der Waals surface area contributed by atoms with Gasteiger partial charge in [0.05, 0.1) is 11.4 Å². The lowest BCUT2D eigenvalue weighted by Crippen LogP contribution is -2.70. The Kier molecular flexibility index (Phi) is 6.09. The molecule has 2 aromatic rings. The molecule has 1 heterocycles. The summed E-state index contributed by atoms with van der Waals surface area (Å²) in [6, 6.07) is 15.4. The van der Waals surface area contributed by atoms with Crippen molar-refractivity contribution in [3.8, 4) is 0 Å². The quantitative estimate of drug-likeness (QED) is 0.751. The molecule has 1 N–H and O–H groups in total. The molecule has 1 aliphatic carbocycles. The van der Waals surface area contributed by atoms with Crippen molar-refractivity contribution in [2.75, 3.05) is 18.0 Å². The van der Waals surface area contributed by atoms with Gasteiger partial charge >= 0.3 is 0 Å². The van der Waals surface area contributed by atoms with Gasteiger partial charge < -0.3 is 5.32 Å². The number of hydrogen-bond acceptors (Lipinski definition) is 4. The third-order valence-electron chi connectivity index (χ3n) is 6.46. The van der Waals surface area contributed by atoms with Gasteiger partial charge in [0.2, 0.25) is 21.8 Å². The minimum Gasteiger partial charge on any atom is -0.351 e. The van der Waals surface area contributed by atoms with Crippen LogP contribution in [0.4, 0.5) is 5.69 Å². The minimum absolute atomic E-state index is 0.0502. The lowest BCUT2D eigenvalue weighted by molar-refractivity contribution is -0.133. The molecule has 1 atom stereocenters. The van der Waals surface area contributed by atoms with Crippen molar-refractivity contribution >= 4 is 27.5 Å². The summed E-state index contributed by atoms with van der Waals surface area (Å²) in [5.41, 5.74) is 0.0877. The van der Waals surface area contributed by atoms with Crippen LogP contribution in [0.1, 0.15) is 38.2 Å². The van der Waals surface area contributed by atoms with E-state index in [0.717, 1.165) is 35.6 Å². The van der Waals surface area contributed by atoms with Gasteiger partial charge in [0.1, 0.15) is 5.54 Å². The van der Waals surface area contributed by atoms with Gasteiger partial charge in [-0.05, 0) is 50.5 Å². The van der Waals surface area contributed by atoms with E-state index >= 15 is 0 Å². The number of nitrogens with zero attached hydrogens (tertiary/aromatic N) is 2. The van der Waals surface area contributed by atoms with Gasteiger partial charge in [-0.2, -0.15) is 4.31 Å². The number of carbonyl (C=O) groups excluding carboxylic acids is 2. The highest BCUT2D eigenvalue weighted by Gasteiger charge is 2.51. The fourth-order valence-corrected chi connectivity index (χ4v) is 6.18. The average Bonchev–Trinajstić information content (AvgIpc) is 3.28. The Morgan fingerprint density at radius 2 is 1.66 bits per heavy atom. The van der Waals surface area contributed by atoms with E-state index in [4.69, 9.17) is 0 Å². The van der Waals surface area contributed by atoms with E-state index in [2.05, 4.69) is 5.32 Å². The molecular weight excluding hydrogens is 426 g/mol. The van der Waals surface area contributed by atoms with Crippen molar-refractivity contribution in [3.05, 3.63) is 60.2 Å². The van der Waals surface area contributed by atoms with Gasteiger partial charge in [-0.15, -0.1) is 0 Å². The summed E-state index contributed by atoms with van der Waals surface area (Å²) < 4.78 is 27.8. The Morgan fingerprint density at radius 3 is 2.31 bits per heavy atom. The topological polar surface area (TPSA) is 86.8 Å². The van der Waals surface area contributed by atoms with Gasteiger partial charge in [0, 0.05) is 18.3 Å². The summed E-state index contributed by atoms with van der Waals surface area (Å²) in [6.45, 7) is 3.10. The van der Waals surface area contributed by atoms with E-state index < -0.39 is 21.5 Å². The molecule has 0 aromatic heterocycles. The van der Waals surface area contributed by atoms with Crippen LogP contribution in [-0.4, -0.2) is 49.2 Å². The molecule has 2 fully saturated rings. The Labute approximate surface area is 189 Å². The number of nitrogens with one attached hydrogen (secondary N) is 1. The predicted octanol–water partition coefficient (Wildman–Crippen LogP) is 2.85. The van der Waals surface area contributed by atoms with Crippen molar-refractivity contribution in [1.29, 1.82) is 0 Å². The zero-order chi connectivity index (χ0) is 22.9. The van der Waals surface area contributed by atoms with E-state index in [-0.39, 0.29) is 29.9 Å². The van der Waals surface area contributed by atoms with Crippen LogP contribution < -0.4 is 10.2 Å². The summed E-state index contributed by atoms with van der Waals surface area (Å²) in [7, 11) is -3.94. The standard InChI is InChI=1S/C24H29N3O4S/c1-18-10-6-9-15-21(18)27-22(28)16-26(32(30,31)20-13-4-3-5-14-20)17-24(27,2)23(29)25-19-11-7-8-12-19/h3-6,9-10,13-15,19H,7-8,11-12,16-17H2,1-2H3,(H,25,29). The second-order valence-corrected chi connectivity index (χ2v) is 10.8. The number of anilines is 1. The maximum absolute atomic E-state index is 13.6. The molecule has 1 saturated carbocycles. The molecule has 8 heteroatoms. The lowest BCUT2D eigenvalue weighted by atomic mass is 9.93. The summed E-state index contributed by atoms with van der Waals surface area (Å²) in [5.74, 6) is -0.747. The van der Waals surface area contributed by atoms with Gasteiger partial charge in [-0.1, -0.05) is 49.2 Å². The molecule has 2 aliphatic rings. The Balaban J connectivity index is 1.75. The summed E-state index contributed by atoms with van der Waals surface area (Å²) in [5, 5.41) is 3.09. The summed E-state index contributed by atoms with van der Waals surface area (Å²) in [6.07, 6.45) is 3.89. The van der Waals surface area contributed by atoms with Crippen LogP contribution in [-0.2, 0) is 19.6 Å². The molecule has 1 aliphatic heterocycles. The number of rotatable bonds is 5. The molecule has 0 radical (unpaired) electrons. The van der Waals surface area contributed by atoms with Crippen LogP contribution >= 0.6 is 0 Å². The number of para-hydroxylation sites is 1. The third kappa shape index (κ3) is 4.04. The number of benzene rings is 2. The van der Waals surface area contributed by atoms with Crippen molar-refractivity contribution in [1.82, 2.24) is 9.62 Å². The van der Waals surface area contributed by atoms with Crippen molar-refractivity contribution in [2.24, 2.45) is 0 Å². The van der Waals surface area contributed by atoms with E-state index in [9.17, 15) is 18.0 Å². The van der Waals surface area contributed by atoms with Crippen molar-refractivity contribution < 1.29 is 18.0 Å². The molecule has 2 aromatic carbocycles. The van der Waals surface area contributed by atoms with Gasteiger partial charge in [0.25, 0.3) is 0 Å². The first kappa shape index (κ1) is 22.5. The van der Waals surface area contributed by atoms with Crippen LogP contribution in [0.3, 0.4) is 0 Å². The summed E-state index contributed by atoms with van der Waals surface area (Å²) in [4.78, 5) is 28.6. The number of amides is 2. The molecule has 2 amide bonds. The van der Waals surface area contributed by atoms with Crippen LogP contribution in [0.15, 0.2) is 59.5 Å². The highest BCUT2D eigenvalue weighted by molar-refractivity contribution is 7.89. The predicted molar refractivity (Wildman–Crippen MR) is 123 cm³/mol. The zero-order valence-corrected chi connectivity index (χ0v) is 19.3. The Morgan fingerprint density at radius 1 is 1.03 bits per heavy atom. The van der Waals surface area contributed by atoms with E-state index in [1.807, 2.05) is 25.1 Å². The fourth-order valence-electron chi connectivity index (χ4n) is 4.68. The smallest absolute Gasteiger partial charge is 0.247 e. The molecule has 1 saturated heterocycles. The van der Waals surface area contributed by atoms with E-state index in [1.165, 1.54) is 17.0 Å². The molecule has 0 spiro atoms. The van der Waals surface area contributed by atoms with Crippen molar-refractivity contribution in [3.63, 3.8) is 0 Å². The number of sulfonamides is 1. The zero-order valence-electron chi connectivity index (χ0n) is 18.5. The molecular formula is C24H29N3O4S. The fraction of sp³-hybridized carbons (Fsp3) is 0.417. The number of aryl methyl sites for hydroxylation is 1. The van der Waals surface area contributed by atoms with Crippen LogP contribution in [0.25, 0.3) is 0 Å². The second kappa shape index (κ2) is 8.67. The largest absolute Gasteiger partial charge is 0.351 e. The van der Waals surface area contributed by atoms with Gasteiger partial charge in [-0.25, -0.2) is 8.42 Å². The maximum atomic E-state index is 13.6. The van der Waals surface area contributed by atoms with Crippen LogP contribution in [0, 0.1) is 6.92 Å². The SMILES string of the molecule is Cc1ccccc1N1C(=O)CN(S(=O)(=O)c2ccccc2)CC1(C)C(=O)NC1CCCC1. The van der Waals surface area contributed by atoms with Gasteiger partial charge in [-0.3, -0.25) is 14.5 Å². The maximum Gasteiger partial charge on any atom is 0.247 e. The first-order valence-electron chi connectivity index (χ1n) is 11.0. The monoisotopic (exact) mass is 455 g/mol. The second-order valence-electron chi connectivity index (χ2n) is 8.83. The molecule has 4 rings (SSSR count). The average molecular weight is 456 g/mol. The van der Waals surface area contributed by atoms with Crippen LogP contribution in [0.5, 0.6) is 0 Å². The van der Waals surface area contributed by atoms with E-state index in [1.54, 1.807) is 31.2 Å². The highest BCUT2D eigenvalue weighted by atomic mass is 32.2. The first-order valence-corrected chi connectivity index (χ1v) is 12.4. The lowest BCUT2D eigenvalue weighted by Gasteiger charge is -2.47. The number of piperazine rings is 1. The molecule has 7 nitrogen and oxygen atoms in total. The third-order valence-corrected chi connectivity index (χ3v) is 8.26. The Bertz CT molecular complexity index is 1110. The molecule has 1 unspecified atom stereocenters. The molecule has 32 heavy (non-hydrogen) atoms. The normalized spacial score (nSPS) is 22.8. The van der Waals surface area contributed by atoms with E-state index in [0.29, 0.717) is 5.69 Å². The van der Waals surface area contributed by atoms with Crippen LogP contribution in [0.2, 0.25) is 0 Å². The first-order chi connectivity index (χ1) is 15.2. The minimum atomic E-state index is -3.94. The highest BCUT2D eigenvalue weighted by Crippen LogP contribution is 2.34. The number of hydrogen-bond donors (Lipinski definition) is 1. The number of carbonyl (C=O) groups is 2. The molecule has 170 valence electrons. The molecule has 0 bridgehead atoms. The van der Waals surface area contributed by atoms with Gasteiger partial charge in [0.15, 0.2) is 0 Å². The Hall–Kier alpha value is -2.71. The van der Waals surface area contributed by atoms with Crippen molar-refractivity contribution in [2.45, 2.75) is 56.0 Å². The summed E-state index contributed by atoms with van der Waals surface area (Å²) >= 11 is 0.